The second-order valence-electron chi connectivity index (χ2n) is 7.20. The Balaban J connectivity index is 1.46. The molecule has 0 bridgehead atoms. The van der Waals surface area contributed by atoms with Crippen LogP contribution in [0.15, 0.2) is 66.4 Å². The first-order valence-corrected chi connectivity index (χ1v) is 9.82. The molecule has 1 saturated heterocycles. The molecule has 2 aliphatic rings. The van der Waals surface area contributed by atoms with Gasteiger partial charge in [0.05, 0.1) is 0 Å². The zero-order valence-electron chi connectivity index (χ0n) is 15.9. The van der Waals surface area contributed by atoms with Crippen molar-refractivity contribution in [3.05, 3.63) is 71.9 Å². The highest BCUT2D eigenvalue weighted by atomic mass is 16.2. The van der Waals surface area contributed by atoms with Crippen molar-refractivity contribution in [1.82, 2.24) is 4.90 Å². The maximum absolute atomic E-state index is 13.0. The molecular weight excluding hydrogens is 348 g/mol. The zero-order chi connectivity index (χ0) is 19.3. The molecule has 142 valence electrons. The monoisotopic (exact) mass is 372 g/mol. The SMILES string of the molecule is N#C/C(=C/N1CCN(c2ccccc2)CC1)C(=O)N1CCCc2ccccc21. The number of nitrogens with zero attached hydrogens (tertiary/aromatic N) is 4. The number of carbonyl (C=O) groups is 1. The Morgan fingerprint density at radius 1 is 0.929 bits per heavy atom. The van der Waals surface area contributed by atoms with Crippen molar-refractivity contribution < 1.29 is 4.79 Å². The van der Waals surface area contributed by atoms with Crippen LogP contribution in [0.1, 0.15) is 12.0 Å². The fraction of sp³-hybridized carbons (Fsp3) is 0.304. The predicted octanol–water partition coefficient (Wildman–Crippen LogP) is 3.20. The van der Waals surface area contributed by atoms with Crippen LogP contribution in [0.25, 0.3) is 0 Å². The van der Waals surface area contributed by atoms with E-state index in [1.54, 1.807) is 11.1 Å². The Bertz CT molecular complexity index is 908. The number of hydrogen-bond donors (Lipinski definition) is 0. The van der Waals surface area contributed by atoms with Gasteiger partial charge in [-0.15, -0.1) is 0 Å². The Hall–Kier alpha value is -3.26. The summed E-state index contributed by atoms with van der Waals surface area (Å²) in [5, 5.41) is 9.63. The summed E-state index contributed by atoms with van der Waals surface area (Å²) in [6, 6.07) is 20.5. The smallest absolute Gasteiger partial charge is 0.270 e. The average molecular weight is 372 g/mol. The minimum absolute atomic E-state index is 0.194. The number of aryl methyl sites for hydroxylation is 1. The van der Waals surface area contributed by atoms with Crippen LogP contribution in [0.2, 0.25) is 0 Å². The molecule has 0 unspecified atom stereocenters. The minimum atomic E-state index is -0.194. The maximum Gasteiger partial charge on any atom is 0.270 e. The molecule has 5 nitrogen and oxygen atoms in total. The summed E-state index contributed by atoms with van der Waals surface area (Å²) in [5.41, 5.74) is 3.54. The van der Waals surface area contributed by atoms with E-state index in [4.69, 9.17) is 0 Å². The molecule has 0 spiro atoms. The van der Waals surface area contributed by atoms with Crippen molar-refractivity contribution in [2.45, 2.75) is 12.8 Å². The van der Waals surface area contributed by atoms with E-state index < -0.39 is 0 Å². The van der Waals surface area contributed by atoms with E-state index >= 15 is 0 Å². The van der Waals surface area contributed by atoms with Gasteiger partial charge in [0.15, 0.2) is 0 Å². The van der Waals surface area contributed by atoms with E-state index in [1.165, 1.54) is 11.3 Å². The minimum Gasteiger partial charge on any atom is -0.373 e. The number of hydrogen-bond acceptors (Lipinski definition) is 4. The van der Waals surface area contributed by atoms with Gasteiger partial charge in [-0.25, -0.2) is 0 Å². The number of benzene rings is 2. The second kappa shape index (κ2) is 8.18. The standard InChI is InChI=1S/C23H24N4O/c24-17-20(23(28)27-12-6-8-19-7-4-5-11-22(19)27)18-25-13-15-26(16-14-25)21-9-2-1-3-10-21/h1-5,7,9-11,18H,6,8,12-16H2/b20-18-. The topological polar surface area (TPSA) is 50.6 Å². The van der Waals surface area contributed by atoms with Gasteiger partial charge in [0, 0.05) is 50.3 Å². The number of amides is 1. The highest BCUT2D eigenvalue weighted by Gasteiger charge is 2.26. The van der Waals surface area contributed by atoms with E-state index in [0.717, 1.165) is 44.7 Å². The molecule has 0 radical (unpaired) electrons. The average Bonchev–Trinajstić information content (AvgIpc) is 2.77. The number of para-hydroxylation sites is 2. The molecular formula is C23H24N4O. The first-order valence-electron chi connectivity index (χ1n) is 9.82. The molecule has 2 aliphatic heterocycles. The molecule has 2 aromatic rings. The third-order valence-corrected chi connectivity index (χ3v) is 5.45. The van der Waals surface area contributed by atoms with Gasteiger partial charge < -0.3 is 14.7 Å². The first-order chi connectivity index (χ1) is 13.8. The third-order valence-electron chi connectivity index (χ3n) is 5.45. The van der Waals surface area contributed by atoms with Gasteiger partial charge in [-0.3, -0.25) is 4.79 Å². The number of piperazine rings is 1. The normalized spacial score (nSPS) is 17.1. The van der Waals surface area contributed by atoms with Crippen LogP contribution < -0.4 is 9.80 Å². The fourth-order valence-electron chi connectivity index (χ4n) is 3.95. The molecule has 1 fully saturated rings. The van der Waals surface area contributed by atoms with E-state index in [9.17, 15) is 10.1 Å². The van der Waals surface area contributed by atoms with Crippen LogP contribution in [0.5, 0.6) is 0 Å². The lowest BCUT2D eigenvalue weighted by atomic mass is 10.0. The Morgan fingerprint density at radius 3 is 2.39 bits per heavy atom. The summed E-state index contributed by atoms with van der Waals surface area (Å²) in [6.45, 7) is 4.00. The third kappa shape index (κ3) is 3.72. The summed E-state index contributed by atoms with van der Waals surface area (Å²) in [4.78, 5) is 19.2. The number of anilines is 2. The highest BCUT2D eigenvalue weighted by Crippen LogP contribution is 2.28. The first kappa shape index (κ1) is 18.1. The molecule has 2 aromatic carbocycles. The fourth-order valence-corrected chi connectivity index (χ4v) is 3.95. The van der Waals surface area contributed by atoms with E-state index in [1.807, 2.05) is 36.4 Å². The number of rotatable bonds is 3. The van der Waals surface area contributed by atoms with Crippen molar-refractivity contribution >= 4 is 17.3 Å². The largest absolute Gasteiger partial charge is 0.373 e. The van der Waals surface area contributed by atoms with Crippen LogP contribution in [0, 0.1) is 11.3 Å². The van der Waals surface area contributed by atoms with Crippen LogP contribution in [0.4, 0.5) is 11.4 Å². The molecule has 4 rings (SSSR count). The lowest BCUT2D eigenvalue weighted by Crippen LogP contribution is -2.44. The van der Waals surface area contributed by atoms with Gasteiger partial charge in [-0.2, -0.15) is 5.26 Å². The van der Waals surface area contributed by atoms with Crippen molar-refractivity contribution in [2.24, 2.45) is 0 Å². The maximum atomic E-state index is 13.0. The van der Waals surface area contributed by atoms with Gasteiger partial charge in [-0.05, 0) is 36.6 Å². The second-order valence-corrected chi connectivity index (χ2v) is 7.20. The summed E-state index contributed by atoms with van der Waals surface area (Å²) in [7, 11) is 0. The lowest BCUT2D eigenvalue weighted by Gasteiger charge is -2.36. The van der Waals surface area contributed by atoms with Gasteiger partial charge in [0.25, 0.3) is 5.91 Å². The summed E-state index contributed by atoms with van der Waals surface area (Å²) >= 11 is 0. The van der Waals surface area contributed by atoms with Crippen LogP contribution >= 0.6 is 0 Å². The molecule has 0 N–H and O–H groups in total. The number of nitriles is 1. The van der Waals surface area contributed by atoms with Crippen LogP contribution in [0.3, 0.4) is 0 Å². The molecule has 0 aliphatic carbocycles. The Morgan fingerprint density at radius 2 is 1.64 bits per heavy atom. The summed E-state index contributed by atoms with van der Waals surface area (Å²) in [5.74, 6) is -0.194. The molecule has 0 saturated carbocycles. The Kier molecular flexibility index (Phi) is 5.29. The zero-order valence-corrected chi connectivity index (χ0v) is 15.9. The molecule has 28 heavy (non-hydrogen) atoms. The van der Waals surface area contributed by atoms with E-state index in [0.29, 0.717) is 6.54 Å². The summed E-state index contributed by atoms with van der Waals surface area (Å²) in [6.07, 6.45) is 3.66. The molecule has 1 amide bonds. The predicted molar refractivity (Wildman–Crippen MR) is 111 cm³/mol. The van der Waals surface area contributed by atoms with Crippen molar-refractivity contribution in [3.8, 4) is 6.07 Å². The molecule has 0 atom stereocenters. The quantitative estimate of drug-likeness (QED) is 0.613. The number of fused-ring (bicyclic) bond motifs is 1. The van der Waals surface area contributed by atoms with Gasteiger partial charge in [0.1, 0.15) is 11.6 Å². The van der Waals surface area contributed by atoms with Crippen LogP contribution in [-0.4, -0.2) is 43.5 Å². The summed E-state index contributed by atoms with van der Waals surface area (Å²) < 4.78 is 0. The van der Waals surface area contributed by atoms with Gasteiger partial charge in [-0.1, -0.05) is 36.4 Å². The van der Waals surface area contributed by atoms with Crippen molar-refractivity contribution in [2.75, 3.05) is 42.5 Å². The van der Waals surface area contributed by atoms with Gasteiger partial charge >= 0.3 is 0 Å². The molecule has 5 heteroatoms. The van der Waals surface area contributed by atoms with E-state index in [2.05, 4.69) is 34.1 Å². The highest BCUT2D eigenvalue weighted by molar-refractivity contribution is 6.08. The van der Waals surface area contributed by atoms with Crippen molar-refractivity contribution in [3.63, 3.8) is 0 Å². The van der Waals surface area contributed by atoms with Gasteiger partial charge in [0.2, 0.25) is 0 Å². The van der Waals surface area contributed by atoms with Crippen LogP contribution in [-0.2, 0) is 11.2 Å². The molecule has 0 aromatic heterocycles. The number of carbonyl (C=O) groups excluding carboxylic acids is 1. The van der Waals surface area contributed by atoms with Crippen molar-refractivity contribution in [1.29, 1.82) is 5.26 Å². The van der Waals surface area contributed by atoms with E-state index in [-0.39, 0.29) is 11.5 Å². The Labute approximate surface area is 166 Å². The lowest BCUT2D eigenvalue weighted by molar-refractivity contribution is -0.114. The molecule has 2 heterocycles.